The summed E-state index contributed by atoms with van der Waals surface area (Å²) in [5.41, 5.74) is -2.41. The molecule has 1 saturated heterocycles. The number of pyridine rings is 1. The molecule has 40 heavy (non-hydrogen) atoms. The number of thiocarbonyl (C=S) groups is 1. The number of anilines is 2. The molecule has 1 aromatic carbocycles. The van der Waals surface area contributed by atoms with Crippen LogP contribution in [0.25, 0.3) is 0 Å². The summed E-state index contributed by atoms with van der Waals surface area (Å²) in [6.45, 7) is 2.58. The number of nitro benzene ring substituents is 1. The highest BCUT2D eigenvalue weighted by Gasteiger charge is 2.38. The molecule has 15 heteroatoms. The maximum absolute atomic E-state index is 13.2. The fourth-order valence-electron chi connectivity index (χ4n) is 4.86. The Labute approximate surface area is 231 Å². The van der Waals surface area contributed by atoms with Crippen LogP contribution in [-0.2, 0) is 17.1 Å². The summed E-state index contributed by atoms with van der Waals surface area (Å²) in [7, 11) is 0. The fourth-order valence-corrected chi connectivity index (χ4v) is 5.11. The quantitative estimate of drug-likeness (QED) is 0.184. The van der Waals surface area contributed by atoms with Gasteiger partial charge in [-0.25, -0.2) is 4.98 Å². The van der Waals surface area contributed by atoms with Crippen molar-refractivity contribution in [3.63, 3.8) is 0 Å². The van der Waals surface area contributed by atoms with Crippen LogP contribution < -0.4 is 10.2 Å². The Balaban J connectivity index is 1.19. The second-order valence-electron chi connectivity index (χ2n) is 9.68. The van der Waals surface area contributed by atoms with Crippen LogP contribution in [0.2, 0.25) is 0 Å². The Morgan fingerprint density at radius 1 is 1.02 bits per heavy atom. The number of nitro groups is 1. The summed E-state index contributed by atoms with van der Waals surface area (Å²) in [4.78, 5) is 18.0. The molecule has 1 N–H and O–H groups in total. The van der Waals surface area contributed by atoms with Gasteiger partial charge in [0.15, 0.2) is 0 Å². The number of ether oxygens (including phenoxy) is 1. The molecule has 4 rings (SSSR count). The number of aromatic nitrogens is 1. The second-order valence-corrected chi connectivity index (χ2v) is 10.2. The molecule has 2 aliphatic rings. The molecule has 2 heterocycles. The van der Waals surface area contributed by atoms with Crippen LogP contribution in [0.4, 0.5) is 43.4 Å². The highest BCUT2D eigenvalue weighted by atomic mass is 32.1. The van der Waals surface area contributed by atoms with E-state index in [1.165, 1.54) is 18.3 Å². The topological polar surface area (TPSA) is 83.8 Å². The van der Waals surface area contributed by atoms with Crippen LogP contribution in [0.3, 0.4) is 0 Å². The van der Waals surface area contributed by atoms with Crippen molar-refractivity contribution in [2.75, 3.05) is 43.0 Å². The number of alkyl halides is 6. The van der Waals surface area contributed by atoms with E-state index in [4.69, 9.17) is 17.0 Å². The fraction of sp³-hybridized carbons (Fsp3) is 0.520. The number of benzene rings is 1. The monoisotopic (exact) mass is 591 g/mol. The minimum atomic E-state index is -4.84. The van der Waals surface area contributed by atoms with Gasteiger partial charge in [0.2, 0.25) is 0 Å². The van der Waals surface area contributed by atoms with Gasteiger partial charge >= 0.3 is 12.4 Å². The van der Waals surface area contributed by atoms with Crippen LogP contribution in [0.15, 0.2) is 36.5 Å². The number of piperazine rings is 1. The summed E-state index contributed by atoms with van der Waals surface area (Å²) in [5, 5.41) is 14.0. The van der Waals surface area contributed by atoms with Crippen molar-refractivity contribution in [1.82, 2.24) is 9.88 Å². The predicted molar refractivity (Wildman–Crippen MR) is 139 cm³/mol. The molecule has 1 aromatic heterocycles. The van der Waals surface area contributed by atoms with E-state index in [0.717, 1.165) is 18.2 Å². The first-order chi connectivity index (χ1) is 18.8. The van der Waals surface area contributed by atoms with Gasteiger partial charge in [-0.1, -0.05) is 12.2 Å². The zero-order valence-corrected chi connectivity index (χ0v) is 22.0. The first-order valence-electron chi connectivity index (χ1n) is 12.6. The maximum Gasteiger partial charge on any atom is 0.433 e. The number of nitrogens with one attached hydrogen (secondary N) is 1. The molecule has 0 amide bonds. The van der Waals surface area contributed by atoms with E-state index >= 15 is 0 Å². The van der Waals surface area contributed by atoms with Gasteiger partial charge in [-0.2, -0.15) is 26.3 Å². The van der Waals surface area contributed by atoms with E-state index in [-0.39, 0.29) is 24.4 Å². The molecule has 2 fully saturated rings. The van der Waals surface area contributed by atoms with Gasteiger partial charge in [-0.05, 0) is 49.9 Å². The molecule has 1 aliphatic heterocycles. The van der Waals surface area contributed by atoms with Crippen LogP contribution in [0.1, 0.15) is 36.9 Å². The van der Waals surface area contributed by atoms with E-state index < -0.39 is 34.2 Å². The van der Waals surface area contributed by atoms with E-state index in [1.54, 1.807) is 0 Å². The van der Waals surface area contributed by atoms with Gasteiger partial charge in [0.25, 0.3) is 5.69 Å². The van der Waals surface area contributed by atoms with Gasteiger partial charge in [0.05, 0.1) is 29.5 Å². The van der Waals surface area contributed by atoms with Crippen molar-refractivity contribution in [3.05, 3.63) is 57.9 Å². The third-order valence-electron chi connectivity index (χ3n) is 7.02. The van der Waals surface area contributed by atoms with E-state index in [0.29, 0.717) is 62.5 Å². The third kappa shape index (κ3) is 7.50. The standard InChI is InChI=1S/C25H27F6N5O3S/c26-24(27,28)20-13-17(3-7-21(20)36(37)38)33-16-1-5-19(6-2-16)39-15-23(40)35-11-9-34(10-12-35)18-4-8-22(32-14-18)25(29,30)31/h3-4,7-8,13-14,16,19,33H,1-2,5-6,9-12,15H2/t16-,19-. The van der Waals surface area contributed by atoms with Gasteiger partial charge in [0, 0.05) is 44.0 Å². The molecule has 0 bridgehead atoms. The van der Waals surface area contributed by atoms with Crippen LogP contribution in [-0.4, -0.2) is 64.7 Å². The van der Waals surface area contributed by atoms with Gasteiger partial charge < -0.3 is 19.9 Å². The molecule has 0 atom stereocenters. The highest BCUT2D eigenvalue weighted by Crippen LogP contribution is 2.38. The maximum atomic E-state index is 13.2. The van der Waals surface area contributed by atoms with Crippen LogP contribution in [0.5, 0.6) is 0 Å². The summed E-state index contributed by atoms with van der Waals surface area (Å²) < 4.78 is 83.9. The van der Waals surface area contributed by atoms with E-state index in [2.05, 4.69) is 10.3 Å². The first kappa shape index (κ1) is 29.8. The average Bonchev–Trinajstić information content (AvgIpc) is 2.91. The molecule has 2 aromatic rings. The Hall–Kier alpha value is -3.20. The minimum Gasteiger partial charge on any atom is -0.382 e. The van der Waals surface area contributed by atoms with E-state index in [9.17, 15) is 36.5 Å². The SMILES string of the molecule is O=[N+]([O-])c1ccc(N[C@H]2CC[C@H](OCC(=S)N3CCN(c4ccc(C(F)(F)F)nc4)CC3)CC2)cc1C(F)(F)F. The van der Waals surface area contributed by atoms with Gasteiger partial charge in [-0.3, -0.25) is 10.1 Å². The summed E-state index contributed by atoms with van der Waals surface area (Å²) in [5.74, 6) is 0. The molecule has 0 unspecified atom stereocenters. The van der Waals surface area contributed by atoms with Crippen molar-refractivity contribution in [3.8, 4) is 0 Å². The van der Waals surface area contributed by atoms with E-state index in [1.807, 2.05) is 9.80 Å². The molecule has 0 radical (unpaired) electrons. The average molecular weight is 592 g/mol. The smallest absolute Gasteiger partial charge is 0.382 e. The zero-order valence-electron chi connectivity index (χ0n) is 21.2. The molecular weight excluding hydrogens is 564 g/mol. The van der Waals surface area contributed by atoms with Crippen LogP contribution >= 0.6 is 12.2 Å². The highest BCUT2D eigenvalue weighted by molar-refractivity contribution is 7.80. The molecule has 1 aliphatic carbocycles. The first-order valence-corrected chi connectivity index (χ1v) is 13.0. The Kier molecular flexibility index (Phi) is 9.02. The molecule has 8 nitrogen and oxygen atoms in total. The Morgan fingerprint density at radius 2 is 1.70 bits per heavy atom. The van der Waals surface area contributed by atoms with Crippen molar-refractivity contribution in [2.45, 2.75) is 50.2 Å². The Bertz CT molecular complexity index is 1190. The number of rotatable bonds is 7. The normalized spacial score (nSPS) is 20.4. The Morgan fingerprint density at radius 3 is 2.25 bits per heavy atom. The van der Waals surface area contributed by atoms with Gasteiger partial charge in [-0.15, -0.1) is 0 Å². The second kappa shape index (κ2) is 12.1. The predicted octanol–water partition coefficient (Wildman–Crippen LogP) is 5.92. The number of halogens is 6. The molecule has 218 valence electrons. The van der Waals surface area contributed by atoms with Crippen molar-refractivity contribution in [1.29, 1.82) is 0 Å². The lowest BCUT2D eigenvalue weighted by molar-refractivity contribution is -0.388. The summed E-state index contributed by atoms with van der Waals surface area (Å²) >= 11 is 5.53. The zero-order chi connectivity index (χ0) is 29.1. The molecule has 0 spiro atoms. The number of nitrogens with zero attached hydrogens (tertiary/aromatic N) is 4. The molecular formula is C25H27F6N5O3S. The summed E-state index contributed by atoms with van der Waals surface area (Å²) in [6, 6.07) is 5.20. The number of hydrogen-bond acceptors (Lipinski definition) is 7. The third-order valence-corrected chi connectivity index (χ3v) is 7.40. The largest absolute Gasteiger partial charge is 0.433 e. The number of hydrogen-bond donors (Lipinski definition) is 1. The lowest BCUT2D eigenvalue weighted by Gasteiger charge is -2.37. The van der Waals surface area contributed by atoms with Gasteiger partial charge in [0.1, 0.15) is 16.2 Å². The van der Waals surface area contributed by atoms with Crippen LogP contribution in [0, 0.1) is 10.1 Å². The van der Waals surface area contributed by atoms with Crippen molar-refractivity contribution >= 4 is 34.3 Å². The lowest BCUT2D eigenvalue weighted by Crippen LogP contribution is -2.49. The van der Waals surface area contributed by atoms with Crippen molar-refractivity contribution in [2.24, 2.45) is 0 Å². The molecule has 1 saturated carbocycles. The lowest BCUT2D eigenvalue weighted by atomic mass is 9.92. The summed E-state index contributed by atoms with van der Waals surface area (Å²) in [6.07, 6.45) is -5.50. The van der Waals surface area contributed by atoms with Crippen molar-refractivity contribution < 1.29 is 36.0 Å². The minimum absolute atomic E-state index is 0.0573.